The fraction of sp³-hybridized carbons (Fsp3) is 0.345. The smallest absolute Gasteiger partial charge is 0.405 e. The molecule has 4 N–H and O–H groups in total. The molecule has 242 valence electrons. The lowest BCUT2D eigenvalue weighted by Crippen LogP contribution is -2.54. The lowest BCUT2D eigenvalue weighted by Gasteiger charge is -2.29. The number of benzene rings is 1. The number of hydrogen-bond acceptors (Lipinski definition) is 7. The molecular formula is C29H27F5N8O4. The second-order valence-corrected chi connectivity index (χ2v) is 11.6. The number of anilines is 1. The largest absolute Gasteiger partial charge is 0.465 e. The zero-order valence-electron chi connectivity index (χ0n) is 24.8. The third-order valence-corrected chi connectivity index (χ3v) is 7.62. The number of aromatic nitrogens is 5. The van der Waals surface area contributed by atoms with Crippen LogP contribution in [0.4, 0.5) is 32.6 Å². The van der Waals surface area contributed by atoms with Crippen LogP contribution in [-0.2, 0) is 16.8 Å². The molecule has 1 aromatic carbocycles. The Morgan fingerprint density at radius 2 is 1.85 bits per heavy atom. The predicted octanol–water partition coefficient (Wildman–Crippen LogP) is 4.30. The van der Waals surface area contributed by atoms with Gasteiger partial charge in [0.15, 0.2) is 23.1 Å². The van der Waals surface area contributed by atoms with Gasteiger partial charge in [-0.25, -0.2) is 46.4 Å². The summed E-state index contributed by atoms with van der Waals surface area (Å²) in [6, 6.07) is 4.66. The zero-order valence-corrected chi connectivity index (χ0v) is 24.8. The molecule has 0 fully saturated rings. The van der Waals surface area contributed by atoms with E-state index in [4.69, 9.17) is 5.11 Å². The molecule has 1 aliphatic heterocycles. The SMILES string of the molecule is Cc1nc2c(cc1F)c(-c1nc3c(c(C(=O)NCC(C)(CC(F)F)NC(=O)O)n1)C(C)(C)C(=O)N3)nn2Cc1cccc(F)c1F. The van der Waals surface area contributed by atoms with Gasteiger partial charge in [0.25, 0.3) is 5.91 Å². The van der Waals surface area contributed by atoms with Gasteiger partial charge in [0.05, 0.1) is 28.6 Å². The van der Waals surface area contributed by atoms with Crippen LogP contribution in [0.15, 0.2) is 24.3 Å². The molecule has 4 heterocycles. The molecular weight excluding hydrogens is 619 g/mol. The number of hydrogen-bond donors (Lipinski definition) is 4. The number of carbonyl (C=O) groups is 3. The van der Waals surface area contributed by atoms with Crippen molar-refractivity contribution >= 4 is 34.8 Å². The number of pyridine rings is 1. The Bertz CT molecular complexity index is 1910. The van der Waals surface area contributed by atoms with E-state index in [0.717, 1.165) is 12.1 Å². The van der Waals surface area contributed by atoms with E-state index in [-0.39, 0.29) is 57.4 Å². The maximum Gasteiger partial charge on any atom is 0.405 e. The van der Waals surface area contributed by atoms with E-state index in [9.17, 15) is 36.3 Å². The summed E-state index contributed by atoms with van der Waals surface area (Å²) in [7, 11) is 0. The van der Waals surface area contributed by atoms with E-state index in [1.807, 2.05) is 5.32 Å². The van der Waals surface area contributed by atoms with E-state index in [1.165, 1.54) is 44.5 Å². The van der Waals surface area contributed by atoms with Crippen molar-refractivity contribution in [3.8, 4) is 11.5 Å². The van der Waals surface area contributed by atoms with Gasteiger partial charge in [-0.1, -0.05) is 12.1 Å². The molecule has 4 aromatic rings. The average molecular weight is 647 g/mol. The molecule has 0 bridgehead atoms. The minimum Gasteiger partial charge on any atom is -0.465 e. The molecule has 0 saturated carbocycles. The number of rotatable bonds is 9. The molecule has 1 unspecified atom stereocenters. The molecule has 3 aromatic heterocycles. The highest BCUT2D eigenvalue weighted by Gasteiger charge is 2.44. The zero-order chi connectivity index (χ0) is 33.7. The Hall–Kier alpha value is -5.22. The molecule has 3 amide bonds. The summed E-state index contributed by atoms with van der Waals surface area (Å²) in [5.41, 5.74) is -3.60. The molecule has 0 aliphatic carbocycles. The number of carboxylic acid groups (broad SMARTS) is 1. The first-order valence-corrected chi connectivity index (χ1v) is 13.8. The standard InChI is InChI=1S/C29H27F5N8O4/c1-12-16(31)8-14-20(41-42(24(14)36-12)10-13-6-5-7-15(30)19(13)34)23-37-21(18-22(38-23)39-26(44)28(18,2)3)25(43)35-11-29(4,9-17(32)33)40-27(45)46/h5-8,17,40H,9-11H2,1-4H3,(H,35,43)(H,45,46)(H,37,38,39,44). The van der Waals surface area contributed by atoms with Crippen molar-refractivity contribution in [1.82, 2.24) is 35.4 Å². The Morgan fingerprint density at radius 1 is 1.13 bits per heavy atom. The predicted molar refractivity (Wildman–Crippen MR) is 153 cm³/mol. The molecule has 17 heteroatoms. The van der Waals surface area contributed by atoms with Crippen molar-refractivity contribution in [3.05, 3.63) is 64.2 Å². The first-order valence-electron chi connectivity index (χ1n) is 13.8. The van der Waals surface area contributed by atoms with Crippen LogP contribution in [0.25, 0.3) is 22.6 Å². The minimum atomic E-state index is -2.91. The number of fused-ring (bicyclic) bond motifs is 2. The Kier molecular flexibility index (Phi) is 8.12. The number of nitrogens with zero attached hydrogens (tertiary/aromatic N) is 5. The van der Waals surface area contributed by atoms with Crippen LogP contribution >= 0.6 is 0 Å². The van der Waals surface area contributed by atoms with Gasteiger partial charge in [0.2, 0.25) is 12.3 Å². The van der Waals surface area contributed by atoms with Crippen molar-refractivity contribution in [2.24, 2.45) is 0 Å². The van der Waals surface area contributed by atoms with Gasteiger partial charge in [-0.2, -0.15) is 5.10 Å². The summed E-state index contributed by atoms with van der Waals surface area (Å²) >= 11 is 0. The monoisotopic (exact) mass is 646 g/mol. The van der Waals surface area contributed by atoms with Crippen LogP contribution in [0.5, 0.6) is 0 Å². The molecule has 1 atom stereocenters. The Morgan fingerprint density at radius 3 is 2.52 bits per heavy atom. The van der Waals surface area contributed by atoms with E-state index >= 15 is 0 Å². The lowest BCUT2D eigenvalue weighted by atomic mass is 9.85. The third-order valence-electron chi connectivity index (χ3n) is 7.62. The van der Waals surface area contributed by atoms with Gasteiger partial charge < -0.3 is 21.1 Å². The highest BCUT2D eigenvalue weighted by atomic mass is 19.3. The molecule has 5 rings (SSSR count). The highest BCUT2D eigenvalue weighted by Crippen LogP contribution is 2.40. The number of halogens is 5. The third kappa shape index (κ3) is 5.91. The molecule has 0 saturated heterocycles. The normalized spacial score (nSPS) is 15.0. The van der Waals surface area contributed by atoms with Crippen molar-refractivity contribution in [3.63, 3.8) is 0 Å². The molecule has 1 aliphatic rings. The second kappa shape index (κ2) is 11.6. The molecule has 0 spiro atoms. The van der Waals surface area contributed by atoms with Gasteiger partial charge >= 0.3 is 6.09 Å². The number of amides is 3. The summed E-state index contributed by atoms with van der Waals surface area (Å²) in [5, 5.41) is 20.6. The van der Waals surface area contributed by atoms with Crippen LogP contribution < -0.4 is 16.0 Å². The Balaban J connectivity index is 1.64. The minimum absolute atomic E-state index is 0.0225. The van der Waals surface area contributed by atoms with Crippen molar-refractivity contribution in [1.29, 1.82) is 0 Å². The van der Waals surface area contributed by atoms with Gasteiger partial charge in [0, 0.05) is 24.1 Å². The molecule has 0 radical (unpaired) electrons. The summed E-state index contributed by atoms with van der Waals surface area (Å²) in [4.78, 5) is 50.7. The summed E-state index contributed by atoms with van der Waals surface area (Å²) in [5.74, 6) is -4.81. The van der Waals surface area contributed by atoms with E-state index < -0.39 is 65.7 Å². The topological polar surface area (TPSA) is 164 Å². The number of carbonyl (C=O) groups excluding carboxylic acids is 2. The van der Waals surface area contributed by atoms with Gasteiger partial charge in [0.1, 0.15) is 23.0 Å². The molecule has 46 heavy (non-hydrogen) atoms. The highest BCUT2D eigenvalue weighted by molar-refractivity contribution is 6.09. The maximum absolute atomic E-state index is 14.8. The average Bonchev–Trinajstić information content (AvgIpc) is 3.41. The van der Waals surface area contributed by atoms with E-state index in [0.29, 0.717) is 0 Å². The Labute approximate surface area is 257 Å². The van der Waals surface area contributed by atoms with E-state index in [1.54, 1.807) is 0 Å². The van der Waals surface area contributed by atoms with Gasteiger partial charge in [-0.15, -0.1) is 0 Å². The van der Waals surface area contributed by atoms with Crippen LogP contribution in [0.1, 0.15) is 54.5 Å². The van der Waals surface area contributed by atoms with Crippen LogP contribution in [0, 0.1) is 24.4 Å². The van der Waals surface area contributed by atoms with E-state index in [2.05, 4.69) is 30.7 Å². The first-order chi connectivity index (χ1) is 21.5. The van der Waals surface area contributed by atoms with Crippen molar-refractivity contribution in [2.75, 3.05) is 11.9 Å². The summed E-state index contributed by atoms with van der Waals surface area (Å²) in [6.07, 6.45) is -5.42. The van der Waals surface area contributed by atoms with Crippen molar-refractivity contribution < 1.29 is 41.4 Å². The lowest BCUT2D eigenvalue weighted by molar-refractivity contribution is -0.119. The van der Waals surface area contributed by atoms with Crippen LogP contribution in [0.2, 0.25) is 0 Å². The summed E-state index contributed by atoms with van der Waals surface area (Å²) < 4.78 is 71.0. The van der Waals surface area contributed by atoms with Gasteiger partial charge in [-0.05, 0) is 39.8 Å². The number of nitrogens with one attached hydrogen (secondary N) is 3. The summed E-state index contributed by atoms with van der Waals surface area (Å²) in [6.45, 7) is 4.66. The molecule has 12 nitrogen and oxygen atoms in total. The van der Waals surface area contributed by atoms with Gasteiger partial charge in [-0.3, -0.25) is 9.59 Å². The quantitative estimate of drug-likeness (QED) is 0.196. The van der Waals surface area contributed by atoms with Crippen LogP contribution in [-0.4, -0.2) is 66.3 Å². The number of aryl methyl sites for hydroxylation is 1. The fourth-order valence-electron chi connectivity index (χ4n) is 5.18. The second-order valence-electron chi connectivity index (χ2n) is 11.6. The fourth-order valence-corrected chi connectivity index (χ4v) is 5.18. The number of alkyl halides is 2. The van der Waals surface area contributed by atoms with Crippen LogP contribution in [0.3, 0.4) is 0 Å². The maximum atomic E-state index is 14.8. The first kappa shape index (κ1) is 32.2. The van der Waals surface area contributed by atoms with Crippen molar-refractivity contribution in [2.45, 2.75) is 58.0 Å².